The van der Waals surface area contributed by atoms with Gasteiger partial charge in [0.2, 0.25) is 0 Å². The summed E-state index contributed by atoms with van der Waals surface area (Å²) in [6.45, 7) is 4.19. The summed E-state index contributed by atoms with van der Waals surface area (Å²) in [6.07, 6.45) is 3.35. The van der Waals surface area contributed by atoms with Crippen LogP contribution in [0.15, 0.2) is 44.0 Å². The van der Waals surface area contributed by atoms with Crippen LogP contribution in [0, 0.1) is 0 Å². The molecule has 0 saturated carbocycles. The van der Waals surface area contributed by atoms with Gasteiger partial charge in [0.15, 0.2) is 0 Å². The van der Waals surface area contributed by atoms with Gasteiger partial charge in [0.05, 0.1) is 29.6 Å². The predicted molar refractivity (Wildman–Crippen MR) is 73.0 cm³/mol. The first-order valence-electron chi connectivity index (χ1n) is 5.95. The van der Waals surface area contributed by atoms with Gasteiger partial charge in [-0.3, -0.25) is 4.90 Å². The van der Waals surface area contributed by atoms with E-state index in [1.54, 1.807) is 12.5 Å². The Labute approximate surface area is 115 Å². The van der Waals surface area contributed by atoms with Crippen molar-refractivity contribution in [3.8, 4) is 0 Å². The second-order valence-corrected chi connectivity index (χ2v) is 4.88. The van der Waals surface area contributed by atoms with Gasteiger partial charge in [0.1, 0.15) is 11.5 Å². The molecular formula is C13H17BrN2O2. The fourth-order valence-electron chi connectivity index (χ4n) is 2.01. The van der Waals surface area contributed by atoms with Gasteiger partial charge >= 0.3 is 0 Å². The average molecular weight is 313 g/mol. The molecule has 5 heteroatoms. The maximum atomic E-state index is 5.89. The first-order valence-corrected chi connectivity index (χ1v) is 6.75. The van der Waals surface area contributed by atoms with Crippen molar-refractivity contribution in [2.45, 2.75) is 19.5 Å². The highest BCUT2D eigenvalue weighted by molar-refractivity contribution is 9.10. The van der Waals surface area contributed by atoms with E-state index in [0.29, 0.717) is 6.54 Å². The molecule has 2 aromatic rings. The summed E-state index contributed by atoms with van der Waals surface area (Å²) < 4.78 is 11.9. The van der Waals surface area contributed by atoms with Crippen molar-refractivity contribution in [1.82, 2.24) is 4.90 Å². The Bertz CT molecular complexity index is 467. The van der Waals surface area contributed by atoms with Crippen LogP contribution in [0.1, 0.15) is 24.5 Å². The van der Waals surface area contributed by atoms with Crippen LogP contribution >= 0.6 is 15.9 Å². The lowest BCUT2D eigenvalue weighted by Crippen LogP contribution is -2.33. The zero-order chi connectivity index (χ0) is 13.0. The molecule has 2 heterocycles. The van der Waals surface area contributed by atoms with Gasteiger partial charge in [-0.25, -0.2) is 0 Å². The minimum Gasteiger partial charge on any atom is -0.468 e. The van der Waals surface area contributed by atoms with Crippen LogP contribution in [0.2, 0.25) is 0 Å². The molecule has 1 atom stereocenters. The second-order valence-electron chi connectivity index (χ2n) is 4.03. The molecule has 0 aliphatic rings. The van der Waals surface area contributed by atoms with E-state index < -0.39 is 0 Å². The fraction of sp³-hybridized carbons (Fsp3) is 0.385. The zero-order valence-corrected chi connectivity index (χ0v) is 11.9. The van der Waals surface area contributed by atoms with Gasteiger partial charge < -0.3 is 14.6 Å². The smallest absolute Gasteiger partial charge is 0.136 e. The van der Waals surface area contributed by atoms with E-state index in [9.17, 15) is 0 Å². The van der Waals surface area contributed by atoms with E-state index in [1.165, 1.54) is 0 Å². The molecule has 2 aromatic heterocycles. The molecule has 0 bridgehead atoms. The number of nitrogens with zero attached hydrogens (tertiary/aromatic N) is 1. The first-order chi connectivity index (χ1) is 8.76. The number of halogens is 1. The minimum atomic E-state index is 0.0458. The maximum absolute atomic E-state index is 5.89. The van der Waals surface area contributed by atoms with Crippen molar-refractivity contribution in [3.05, 3.63) is 46.7 Å². The van der Waals surface area contributed by atoms with Crippen molar-refractivity contribution < 1.29 is 8.83 Å². The average Bonchev–Trinajstić information content (AvgIpc) is 3.01. The second kappa shape index (κ2) is 6.22. The number of hydrogen-bond donors (Lipinski definition) is 1. The molecule has 98 valence electrons. The summed E-state index contributed by atoms with van der Waals surface area (Å²) >= 11 is 3.48. The van der Waals surface area contributed by atoms with Gasteiger partial charge in [-0.1, -0.05) is 6.92 Å². The highest BCUT2D eigenvalue weighted by atomic mass is 79.9. The molecule has 0 aromatic carbocycles. The van der Waals surface area contributed by atoms with Crippen LogP contribution < -0.4 is 5.73 Å². The van der Waals surface area contributed by atoms with E-state index in [-0.39, 0.29) is 6.04 Å². The van der Waals surface area contributed by atoms with Crippen molar-refractivity contribution >= 4 is 15.9 Å². The molecule has 0 saturated heterocycles. The Kier molecular flexibility index (Phi) is 4.63. The summed E-state index contributed by atoms with van der Waals surface area (Å²) in [5.74, 6) is 1.80. The van der Waals surface area contributed by atoms with Gasteiger partial charge in [-0.05, 0) is 40.7 Å². The van der Waals surface area contributed by atoms with Gasteiger partial charge in [-0.15, -0.1) is 0 Å². The quantitative estimate of drug-likeness (QED) is 0.890. The minimum absolute atomic E-state index is 0.0458. The normalized spacial score (nSPS) is 13.1. The van der Waals surface area contributed by atoms with E-state index >= 15 is 0 Å². The Morgan fingerprint density at radius 2 is 2.17 bits per heavy atom. The maximum Gasteiger partial charge on any atom is 0.136 e. The third-order valence-electron chi connectivity index (χ3n) is 2.96. The van der Waals surface area contributed by atoms with E-state index in [2.05, 4.69) is 27.8 Å². The standard InChI is InChI=1S/C13H17BrN2O2/c1-2-16(9-10-4-3-6-17-10)12(8-15)13-11(14)5-7-18-13/h3-7,12H,2,8-9,15H2,1H3. The van der Waals surface area contributed by atoms with Crippen molar-refractivity contribution in [2.75, 3.05) is 13.1 Å². The van der Waals surface area contributed by atoms with Crippen LogP contribution in [-0.4, -0.2) is 18.0 Å². The Morgan fingerprint density at radius 1 is 1.33 bits per heavy atom. The highest BCUT2D eigenvalue weighted by Gasteiger charge is 2.23. The molecule has 2 N–H and O–H groups in total. The SMILES string of the molecule is CCN(Cc1ccco1)C(CN)c1occc1Br. The molecule has 0 aliphatic heterocycles. The number of likely N-dealkylation sites (N-methyl/N-ethyl adjacent to an activating group) is 1. The van der Waals surface area contributed by atoms with Crippen LogP contribution in [0.3, 0.4) is 0 Å². The van der Waals surface area contributed by atoms with Crippen LogP contribution in [0.5, 0.6) is 0 Å². The molecule has 0 aliphatic carbocycles. The van der Waals surface area contributed by atoms with E-state index in [1.807, 2.05) is 18.2 Å². The third kappa shape index (κ3) is 2.85. The monoisotopic (exact) mass is 312 g/mol. The lowest BCUT2D eigenvalue weighted by Gasteiger charge is -2.27. The molecule has 0 amide bonds. The van der Waals surface area contributed by atoms with Crippen LogP contribution in [0.25, 0.3) is 0 Å². The highest BCUT2D eigenvalue weighted by Crippen LogP contribution is 2.29. The lowest BCUT2D eigenvalue weighted by atomic mass is 10.2. The largest absolute Gasteiger partial charge is 0.468 e. The van der Waals surface area contributed by atoms with Crippen molar-refractivity contribution in [3.63, 3.8) is 0 Å². The molecule has 2 rings (SSSR count). The molecule has 0 fully saturated rings. The number of furan rings is 2. The fourth-order valence-corrected chi connectivity index (χ4v) is 2.48. The summed E-state index contributed by atoms with van der Waals surface area (Å²) in [4.78, 5) is 2.22. The first kappa shape index (κ1) is 13.4. The van der Waals surface area contributed by atoms with Crippen LogP contribution in [-0.2, 0) is 6.54 Å². The summed E-state index contributed by atoms with van der Waals surface area (Å²) in [6, 6.07) is 5.79. The lowest BCUT2D eigenvalue weighted by molar-refractivity contribution is 0.166. The number of nitrogens with two attached hydrogens (primary N) is 1. The van der Waals surface area contributed by atoms with E-state index in [4.69, 9.17) is 14.6 Å². The van der Waals surface area contributed by atoms with Gasteiger partial charge in [0, 0.05) is 6.54 Å². The van der Waals surface area contributed by atoms with Gasteiger partial charge in [0.25, 0.3) is 0 Å². The molecule has 4 nitrogen and oxygen atoms in total. The van der Waals surface area contributed by atoms with E-state index in [0.717, 1.165) is 29.1 Å². The molecule has 0 spiro atoms. The number of hydrogen-bond acceptors (Lipinski definition) is 4. The summed E-state index contributed by atoms with van der Waals surface area (Å²) in [5, 5.41) is 0. The number of rotatable bonds is 6. The Morgan fingerprint density at radius 3 is 2.67 bits per heavy atom. The van der Waals surface area contributed by atoms with Crippen molar-refractivity contribution in [1.29, 1.82) is 0 Å². The molecular weight excluding hydrogens is 296 g/mol. The molecule has 0 radical (unpaired) electrons. The zero-order valence-electron chi connectivity index (χ0n) is 10.3. The molecule has 1 unspecified atom stereocenters. The molecule has 18 heavy (non-hydrogen) atoms. The van der Waals surface area contributed by atoms with Gasteiger partial charge in [-0.2, -0.15) is 0 Å². The summed E-state index contributed by atoms with van der Waals surface area (Å²) in [7, 11) is 0. The Hall–Kier alpha value is -1.04. The Balaban J connectivity index is 2.16. The third-order valence-corrected chi connectivity index (χ3v) is 3.61. The summed E-state index contributed by atoms with van der Waals surface area (Å²) in [5.41, 5.74) is 5.89. The topological polar surface area (TPSA) is 55.5 Å². The van der Waals surface area contributed by atoms with Crippen LogP contribution in [0.4, 0.5) is 0 Å². The van der Waals surface area contributed by atoms with Crippen molar-refractivity contribution in [2.24, 2.45) is 5.73 Å². The predicted octanol–water partition coefficient (Wildman–Crippen LogP) is 3.16.